The SMILES string of the molecule is O[C@@H]1C[C@H]2CN(c3ccc(Br)cn3)CCN2C1. The molecule has 0 aliphatic carbocycles. The van der Waals surface area contributed by atoms with Crippen molar-refractivity contribution in [3.8, 4) is 0 Å². The van der Waals surface area contributed by atoms with E-state index in [1.807, 2.05) is 18.3 Å². The van der Waals surface area contributed by atoms with Crippen molar-refractivity contribution in [1.82, 2.24) is 9.88 Å². The molecule has 2 aliphatic heterocycles. The van der Waals surface area contributed by atoms with Crippen LogP contribution < -0.4 is 4.90 Å². The zero-order chi connectivity index (χ0) is 11.8. The summed E-state index contributed by atoms with van der Waals surface area (Å²) >= 11 is 3.40. The summed E-state index contributed by atoms with van der Waals surface area (Å²) in [6, 6.07) is 4.56. The summed E-state index contributed by atoms with van der Waals surface area (Å²) in [5.74, 6) is 1.04. The summed E-state index contributed by atoms with van der Waals surface area (Å²) in [5, 5.41) is 9.67. The second-order valence-corrected chi connectivity index (χ2v) is 5.73. The van der Waals surface area contributed by atoms with Gasteiger partial charge in [0.25, 0.3) is 0 Å². The summed E-state index contributed by atoms with van der Waals surface area (Å²) in [6.45, 7) is 3.84. The van der Waals surface area contributed by atoms with Gasteiger partial charge in [-0.15, -0.1) is 0 Å². The van der Waals surface area contributed by atoms with Gasteiger partial charge in [0.15, 0.2) is 0 Å². The Hall–Kier alpha value is -0.650. The first kappa shape index (κ1) is 11.4. The van der Waals surface area contributed by atoms with E-state index >= 15 is 0 Å². The van der Waals surface area contributed by atoms with E-state index in [4.69, 9.17) is 0 Å². The van der Waals surface area contributed by atoms with Crippen molar-refractivity contribution in [2.75, 3.05) is 31.1 Å². The molecule has 0 bridgehead atoms. The van der Waals surface area contributed by atoms with E-state index in [0.717, 1.165) is 42.9 Å². The summed E-state index contributed by atoms with van der Waals surface area (Å²) in [5.41, 5.74) is 0. The largest absolute Gasteiger partial charge is 0.392 e. The molecule has 4 nitrogen and oxygen atoms in total. The summed E-state index contributed by atoms with van der Waals surface area (Å²) in [6.07, 6.45) is 2.59. The molecule has 0 spiro atoms. The van der Waals surface area contributed by atoms with Crippen molar-refractivity contribution in [2.45, 2.75) is 18.6 Å². The van der Waals surface area contributed by atoms with Crippen molar-refractivity contribution >= 4 is 21.7 Å². The number of hydrogen-bond donors (Lipinski definition) is 1. The van der Waals surface area contributed by atoms with Crippen LogP contribution in [0.4, 0.5) is 5.82 Å². The number of fused-ring (bicyclic) bond motifs is 1. The number of hydrogen-bond acceptors (Lipinski definition) is 4. The normalized spacial score (nSPS) is 29.4. The second kappa shape index (κ2) is 4.55. The first-order valence-electron chi connectivity index (χ1n) is 6.01. The van der Waals surface area contributed by atoms with Crippen LogP contribution >= 0.6 is 15.9 Å². The molecule has 1 aromatic rings. The van der Waals surface area contributed by atoms with Crippen LogP contribution in [0.2, 0.25) is 0 Å². The molecule has 5 heteroatoms. The molecular weight excluding hydrogens is 282 g/mol. The number of piperazine rings is 1. The van der Waals surface area contributed by atoms with Crippen LogP contribution in [0.3, 0.4) is 0 Å². The van der Waals surface area contributed by atoms with Crippen molar-refractivity contribution in [1.29, 1.82) is 0 Å². The van der Waals surface area contributed by atoms with E-state index in [1.54, 1.807) is 0 Å². The van der Waals surface area contributed by atoms with Crippen LogP contribution in [0.15, 0.2) is 22.8 Å². The average molecular weight is 298 g/mol. The fraction of sp³-hybridized carbons (Fsp3) is 0.583. The molecule has 0 aromatic carbocycles. The molecule has 0 unspecified atom stereocenters. The van der Waals surface area contributed by atoms with Gasteiger partial charge in [0.05, 0.1) is 6.10 Å². The van der Waals surface area contributed by atoms with Gasteiger partial charge in [0, 0.05) is 42.9 Å². The standard InChI is InChI=1S/C12H16BrN3O/c13-9-1-2-12(14-6-9)16-4-3-15-8-11(17)5-10(15)7-16/h1-2,6,10-11,17H,3-5,7-8H2/t10-,11+/m0/s1. The lowest BCUT2D eigenvalue weighted by Gasteiger charge is -2.37. The van der Waals surface area contributed by atoms with Gasteiger partial charge in [-0.3, -0.25) is 4.90 Å². The maximum Gasteiger partial charge on any atom is 0.128 e. The maximum atomic E-state index is 9.67. The van der Waals surface area contributed by atoms with Gasteiger partial charge < -0.3 is 10.0 Å². The van der Waals surface area contributed by atoms with Gasteiger partial charge >= 0.3 is 0 Å². The number of pyridine rings is 1. The minimum absolute atomic E-state index is 0.141. The fourth-order valence-corrected chi connectivity index (χ4v) is 3.01. The summed E-state index contributed by atoms with van der Waals surface area (Å²) in [7, 11) is 0. The zero-order valence-electron chi connectivity index (χ0n) is 9.59. The number of anilines is 1. The average Bonchev–Trinajstić information content (AvgIpc) is 2.69. The molecule has 2 aliphatic rings. The number of halogens is 1. The van der Waals surface area contributed by atoms with E-state index < -0.39 is 0 Å². The third-order valence-corrected chi connectivity index (χ3v) is 4.10. The molecule has 3 heterocycles. The summed E-state index contributed by atoms with van der Waals surface area (Å²) in [4.78, 5) is 9.13. The third-order valence-electron chi connectivity index (χ3n) is 3.63. The molecule has 92 valence electrons. The number of aliphatic hydroxyl groups is 1. The van der Waals surface area contributed by atoms with Gasteiger partial charge in [-0.25, -0.2) is 4.98 Å². The number of nitrogens with zero attached hydrogens (tertiary/aromatic N) is 3. The Morgan fingerprint density at radius 2 is 2.18 bits per heavy atom. The van der Waals surface area contributed by atoms with Crippen LogP contribution in [0, 0.1) is 0 Å². The van der Waals surface area contributed by atoms with Crippen LogP contribution in [-0.4, -0.2) is 53.3 Å². The molecule has 17 heavy (non-hydrogen) atoms. The van der Waals surface area contributed by atoms with E-state index in [2.05, 4.69) is 30.7 Å². The van der Waals surface area contributed by atoms with Crippen molar-refractivity contribution in [3.63, 3.8) is 0 Å². The number of rotatable bonds is 1. The van der Waals surface area contributed by atoms with Crippen molar-refractivity contribution in [2.24, 2.45) is 0 Å². The van der Waals surface area contributed by atoms with Crippen LogP contribution in [0.5, 0.6) is 0 Å². The highest BCUT2D eigenvalue weighted by molar-refractivity contribution is 9.10. The molecule has 0 saturated carbocycles. The predicted octanol–water partition coefficient (Wildman–Crippen LogP) is 1.10. The first-order chi connectivity index (χ1) is 8.22. The highest BCUT2D eigenvalue weighted by atomic mass is 79.9. The van der Waals surface area contributed by atoms with E-state index in [9.17, 15) is 5.11 Å². The van der Waals surface area contributed by atoms with Gasteiger partial charge in [0.1, 0.15) is 5.82 Å². The minimum Gasteiger partial charge on any atom is -0.392 e. The lowest BCUT2D eigenvalue weighted by atomic mass is 10.1. The fourth-order valence-electron chi connectivity index (χ4n) is 2.78. The van der Waals surface area contributed by atoms with Crippen molar-refractivity contribution in [3.05, 3.63) is 22.8 Å². The highest BCUT2D eigenvalue weighted by Gasteiger charge is 2.35. The Morgan fingerprint density at radius 1 is 1.29 bits per heavy atom. The lowest BCUT2D eigenvalue weighted by molar-refractivity contribution is 0.173. The van der Waals surface area contributed by atoms with E-state index in [0.29, 0.717) is 6.04 Å². The molecule has 0 amide bonds. The van der Waals surface area contributed by atoms with Crippen LogP contribution in [-0.2, 0) is 0 Å². The lowest BCUT2D eigenvalue weighted by Crippen LogP contribution is -2.50. The minimum atomic E-state index is -0.141. The highest BCUT2D eigenvalue weighted by Crippen LogP contribution is 2.25. The molecule has 2 saturated heterocycles. The second-order valence-electron chi connectivity index (χ2n) is 4.82. The summed E-state index contributed by atoms with van der Waals surface area (Å²) < 4.78 is 1.01. The third kappa shape index (κ3) is 2.32. The Bertz CT molecular complexity index is 397. The van der Waals surface area contributed by atoms with Crippen LogP contribution in [0.1, 0.15) is 6.42 Å². The Kier molecular flexibility index (Phi) is 3.06. The zero-order valence-corrected chi connectivity index (χ0v) is 11.2. The van der Waals surface area contributed by atoms with E-state index in [1.165, 1.54) is 0 Å². The van der Waals surface area contributed by atoms with Gasteiger partial charge in [0.2, 0.25) is 0 Å². The molecule has 1 N–H and O–H groups in total. The maximum absolute atomic E-state index is 9.67. The number of aliphatic hydroxyl groups excluding tert-OH is 1. The van der Waals surface area contributed by atoms with Crippen LogP contribution in [0.25, 0.3) is 0 Å². The Labute approximate surface area is 109 Å². The molecule has 0 radical (unpaired) electrons. The topological polar surface area (TPSA) is 39.6 Å². The molecule has 1 aromatic heterocycles. The Balaban J connectivity index is 1.72. The van der Waals surface area contributed by atoms with E-state index in [-0.39, 0.29) is 6.10 Å². The molecular formula is C12H16BrN3O. The monoisotopic (exact) mass is 297 g/mol. The Morgan fingerprint density at radius 3 is 2.94 bits per heavy atom. The quantitative estimate of drug-likeness (QED) is 0.843. The molecule has 3 rings (SSSR count). The molecule has 2 fully saturated rings. The smallest absolute Gasteiger partial charge is 0.128 e. The predicted molar refractivity (Wildman–Crippen MR) is 70.1 cm³/mol. The molecule has 2 atom stereocenters. The number of aromatic nitrogens is 1. The van der Waals surface area contributed by atoms with Gasteiger partial charge in [-0.05, 0) is 34.5 Å². The van der Waals surface area contributed by atoms with Gasteiger partial charge in [-0.1, -0.05) is 0 Å². The van der Waals surface area contributed by atoms with Gasteiger partial charge in [-0.2, -0.15) is 0 Å². The first-order valence-corrected chi connectivity index (χ1v) is 6.80. The van der Waals surface area contributed by atoms with Crippen molar-refractivity contribution < 1.29 is 5.11 Å².